The molecule has 1 N–H and O–H groups in total. The van der Waals surface area contributed by atoms with E-state index in [1.165, 1.54) is 5.56 Å². The number of rotatable bonds is 4. The van der Waals surface area contributed by atoms with E-state index in [1.807, 2.05) is 18.2 Å². The lowest BCUT2D eigenvalue weighted by Gasteiger charge is -2.05. The van der Waals surface area contributed by atoms with E-state index >= 15 is 0 Å². The van der Waals surface area contributed by atoms with Crippen LogP contribution in [-0.2, 0) is 5.75 Å². The van der Waals surface area contributed by atoms with Crippen LogP contribution in [0.3, 0.4) is 0 Å². The van der Waals surface area contributed by atoms with Gasteiger partial charge in [-0.05, 0) is 24.0 Å². The molecule has 0 spiro atoms. The third-order valence-electron chi connectivity index (χ3n) is 2.03. The van der Waals surface area contributed by atoms with Gasteiger partial charge in [0.15, 0.2) is 0 Å². The maximum atomic E-state index is 8.67. The van der Waals surface area contributed by atoms with Crippen LogP contribution in [0.4, 0.5) is 0 Å². The van der Waals surface area contributed by atoms with Crippen molar-refractivity contribution in [2.24, 2.45) is 0 Å². The Morgan fingerprint density at radius 2 is 2.25 bits per heavy atom. The average molecular weight is 236 g/mol. The standard InChI is InChI=1S/C13H16O2S/c1-15-13-7-6-11(10-16-2)9-12(13)5-3-4-8-14/h6-7,9,14H,4,8,10H2,1-2H3. The second-order valence-corrected chi connectivity index (χ2v) is 4.11. The van der Waals surface area contributed by atoms with E-state index in [-0.39, 0.29) is 6.61 Å². The number of benzene rings is 1. The van der Waals surface area contributed by atoms with E-state index in [9.17, 15) is 0 Å². The Hall–Kier alpha value is -1.11. The summed E-state index contributed by atoms with van der Waals surface area (Å²) >= 11 is 1.78. The quantitative estimate of drug-likeness (QED) is 0.813. The third-order valence-corrected chi connectivity index (χ3v) is 2.66. The Bertz CT molecular complexity index is 391. The molecule has 1 aromatic carbocycles. The van der Waals surface area contributed by atoms with Crippen molar-refractivity contribution in [1.82, 2.24) is 0 Å². The molecule has 0 radical (unpaired) electrons. The summed E-state index contributed by atoms with van der Waals surface area (Å²) in [5.74, 6) is 7.69. The van der Waals surface area contributed by atoms with E-state index in [1.54, 1.807) is 18.9 Å². The first-order chi connectivity index (χ1) is 7.81. The fraction of sp³-hybridized carbons (Fsp3) is 0.385. The van der Waals surface area contributed by atoms with Crippen molar-refractivity contribution in [2.45, 2.75) is 12.2 Å². The lowest BCUT2D eigenvalue weighted by Crippen LogP contribution is -1.90. The van der Waals surface area contributed by atoms with Crippen molar-refractivity contribution in [2.75, 3.05) is 20.0 Å². The Morgan fingerprint density at radius 3 is 2.88 bits per heavy atom. The summed E-state index contributed by atoms with van der Waals surface area (Å²) in [4.78, 5) is 0. The van der Waals surface area contributed by atoms with Gasteiger partial charge in [0.2, 0.25) is 0 Å². The Kier molecular flexibility index (Phi) is 5.84. The number of hydrogen-bond donors (Lipinski definition) is 1. The van der Waals surface area contributed by atoms with E-state index in [4.69, 9.17) is 9.84 Å². The normalized spacial score (nSPS) is 9.44. The Morgan fingerprint density at radius 1 is 1.44 bits per heavy atom. The van der Waals surface area contributed by atoms with Crippen molar-refractivity contribution in [1.29, 1.82) is 0 Å². The second-order valence-electron chi connectivity index (χ2n) is 3.24. The number of thioether (sulfide) groups is 1. The minimum Gasteiger partial charge on any atom is -0.495 e. The molecule has 0 amide bonds. The van der Waals surface area contributed by atoms with Gasteiger partial charge in [0.25, 0.3) is 0 Å². The molecule has 0 bridgehead atoms. The number of aliphatic hydroxyl groups is 1. The highest BCUT2D eigenvalue weighted by molar-refractivity contribution is 7.97. The average Bonchev–Trinajstić information content (AvgIpc) is 2.30. The summed E-state index contributed by atoms with van der Waals surface area (Å²) in [6.45, 7) is 0.0970. The molecule has 2 nitrogen and oxygen atoms in total. The predicted molar refractivity (Wildman–Crippen MR) is 68.8 cm³/mol. The topological polar surface area (TPSA) is 29.5 Å². The van der Waals surface area contributed by atoms with Crippen LogP contribution in [0, 0.1) is 11.8 Å². The molecule has 0 aliphatic carbocycles. The minimum absolute atomic E-state index is 0.0970. The van der Waals surface area contributed by atoms with Crippen molar-refractivity contribution in [3.8, 4) is 17.6 Å². The molecule has 0 saturated heterocycles. The van der Waals surface area contributed by atoms with Crippen molar-refractivity contribution >= 4 is 11.8 Å². The second kappa shape index (κ2) is 7.21. The Labute approximate surface area is 101 Å². The van der Waals surface area contributed by atoms with Crippen LogP contribution in [-0.4, -0.2) is 25.1 Å². The van der Waals surface area contributed by atoms with Crippen molar-refractivity contribution < 1.29 is 9.84 Å². The van der Waals surface area contributed by atoms with Gasteiger partial charge in [-0.25, -0.2) is 0 Å². The molecule has 3 heteroatoms. The smallest absolute Gasteiger partial charge is 0.134 e. The van der Waals surface area contributed by atoms with Crippen LogP contribution >= 0.6 is 11.8 Å². The number of aliphatic hydroxyl groups excluding tert-OH is 1. The zero-order valence-electron chi connectivity index (χ0n) is 9.62. The van der Waals surface area contributed by atoms with E-state index in [2.05, 4.69) is 18.1 Å². The molecule has 0 saturated carbocycles. The molecule has 0 atom stereocenters. The number of methoxy groups -OCH3 is 1. The minimum atomic E-state index is 0.0970. The zero-order chi connectivity index (χ0) is 11.8. The largest absolute Gasteiger partial charge is 0.495 e. The first kappa shape index (κ1) is 13.0. The lowest BCUT2D eigenvalue weighted by atomic mass is 10.1. The van der Waals surface area contributed by atoms with E-state index in [0.29, 0.717) is 6.42 Å². The summed E-state index contributed by atoms with van der Waals surface area (Å²) in [7, 11) is 1.64. The lowest BCUT2D eigenvalue weighted by molar-refractivity contribution is 0.305. The maximum absolute atomic E-state index is 8.67. The highest BCUT2D eigenvalue weighted by atomic mass is 32.2. The van der Waals surface area contributed by atoms with Crippen LogP contribution in [0.1, 0.15) is 17.5 Å². The molecule has 0 fully saturated rings. The molecule has 0 aliphatic rings. The molecule has 16 heavy (non-hydrogen) atoms. The van der Waals surface area contributed by atoms with Gasteiger partial charge < -0.3 is 9.84 Å². The molecule has 0 unspecified atom stereocenters. The van der Waals surface area contributed by atoms with Gasteiger partial charge in [0.05, 0.1) is 19.3 Å². The molecule has 0 aliphatic heterocycles. The highest BCUT2D eigenvalue weighted by Gasteiger charge is 2.01. The number of hydrogen-bond acceptors (Lipinski definition) is 3. The summed E-state index contributed by atoms with van der Waals surface area (Å²) < 4.78 is 5.24. The van der Waals surface area contributed by atoms with Gasteiger partial charge >= 0.3 is 0 Å². The fourth-order valence-electron chi connectivity index (χ4n) is 1.32. The van der Waals surface area contributed by atoms with Crippen LogP contribution in [0.15, 0.2) is 18.2 Å². The van der Waals surface area contributed by atoms with Crippen LogP contribution < -0.4 is 4.74 Å². The highest BCUT2D eigenvalue weighted by Crippen LogP contribution is 2.20. The Balaban J connectivity index is 2.94. The van der Waals surface area contributed by atoms with Crippen molar-refractivity contribution in [3.63, 3.8) is 0 Å². The SMILES string of the molecule is COc1ccc(CSC)cc1C#CCCO. The molecule has 1 rings (SSSR count). The van der Waals surface area contributed by atoms with Gasteiger partial charge in [-0.15, -0.1) is 0 Å². The summed E-state index contributed by atoms with van der Waals surface area (Å²) in [5.41, 5.74) is 2.13. The molecule has 1 aromatic rings. The molecular weight excluding hydrogens is 220 g/mol. The van der Waals surface area contributed by atoms with Crippen molar-refractivity contribution in [3.05, 3.63) is 29.3 Å². The summed E-state index contributed by atoms with van der Waals surface area (Å²) in [5, 5.41) is 8.67. The fourth-order valence-corrected chi connectivity index (χ4v) is 1.84. The van der Waals surface area contributed by atoms with Gasteiger partial charge in [-0.2, -0.15) is 11.8 Å². The predicted octanol–water partition coefficient (Wildman–Crippen LogP) is 2.29. The van der Waals surface area contributed by atoms with Crippen LogP contribution in [0.5, 0.6) is 5.75 Å². The van der Waals surface area contributed by atoms with Crippen LogP contribution in [0.25, 0.3) is 0 Å². The maximum Gasteiger partial charge on any atom is 0.134 e. The van der Waals surface area contributed by atoms with Gasteiger partial charge in [0, 0.05) is 12.2 Å². The number of ether oxygens (including phenoxy) is 1. The molecular formula is C13H16O2S. The molecule has 0 aromatic heterocycles. The monoisotopic (exact) mass is 236 g/mol. The van der Waals surface area contributed by atoms with Gasteiger partial charge in [-0.1, -0.05) is 17.9 Å². The zero-order valence-corrected chi connectivity index (χ0v) is 10.4. The first-order valence-corrected chi connectivity index (χ1v) is 6.46. The van der Waals surface area contributed by atoms with Gasteiger partial charge in [0.1, 0.15) is 5.75 Å². The van der Waals surface area contributed by atoms with E-state index < -0.39 is 0 Å². The summed E-state index contributed by atoms with van der Waals surface area (Å²) in [6, 6.07) is 6.03. The molecule has 86 valence electrons. The van der Waals surface area contributed by atoms with Gasteiger partial charge in [-0.3, -0.25) is 0 Å². The van der Waals surface area contributed by atoms with E-state index in [0.717, 1.165) is 17.1 Å². The molecule has 0 heterocycles. The van der Waals surface area contributed by atoms with Crippen LogP contribution in [0.2, 0.25) is 0 Å². The first-order valence-electron chi connectivity index (χ1n) is 5.07. The summed E-state index contributed by atoms with van der Waals surface area (Å²) in [6.07, 6.45) is 2.57. The third kappa shape index (κ3) is 3.80.